The van der Waals surface area contributed by atoms with Gasteiger partial charge in [-0.1, -0.05) is 52.0 Å². The summed E-state index contributed by atoms with van der Waals surface area (Å²) in [6.45, 7) is 8.50. The number of carbonyl (C=O) groups is 1. The second kappa shape index (κ2) is 5.85. The number of benzene rings is 1. The van der Waals surface area contributed by atoms with Crippen LogP contribution >= 0.6 is 0 Å². The van der Waals surface area contributed by atoms with E-state index in [0.29, 0.717) is 12.0 Å². The molecule has 0 N–H and O–H groups in total. The second-order valence-electron chi connectivity index (χ2n) is 5.39. The SMILES string of the molecule is CC/C(=C\c1ccc(C(C)(C)C)cc1)C(=O)OC. The predicted octanol–water partition coefficient (Wildman–Crippen LogP) is 3.95. The largest absolute Gasteiger partial charge is 0.466 e. The van der Waals surface area contributed by atoms with Crippen LogP contribution in [0.5, 0.6) is 0 Å². The molecule has 2 nitrogen and oxygen atoms in total. The summed E-state index contributed by atoms with van der Waals surface area (Å²) in [6.07, 6.45) is 2.56. The van der Waals surface area contributed by atoms with Crippen LogP contribution in [0.4, 0.5) is 0 Å². The minimum Gasteiger partial charge on any atom is -0.466 e. The van der Waals surface area contributed by atoms with Crippen LogP contribution < -0.4 is 0 Å². The molecule has 0 atom stereocenters. The van der Waals surface area contributed by atoms with Gasteiger partial charge in [-0.15, -0.1) is 0 Å². The first-order valence-electron chi connectivity index (χ1n) is 6.28. The van der Waals surface area contributed by atoms with Gasteiger partial charge in [0.1, 0.15) is 0 Å². The zero-order chi connectivity index (χ0) is 13.8. The Balaban J connectivity index is 2.98. The first kappa shape index (κ1) is 14.5. The first-order chi connectivity index (χ1) is 8.38. The molecule has 1 rings (SSSR count). The standard InChI is InChI=1S/C16H22O2/c1-6-13(15(17)18-5)11-12-7-9-14(10-8-12)16(2,3)4/h7-11H,6H2,1-5H3/b13-11+. The zero-order valence-electron chi connectivity index (χ0n) is 11.9. The predicted molar refractivity (Wildman–Crippen MR) is 75.4 cm³/mol. The van der Waals surface area contributed by atoms with E-state index in [1.807, 2.05) is 25.1 Å². The first-order valence-corrected chi connectivity index (χ1v) is 6.28. The highest BCUT2D eigenvalue weighted by atomic mass is 16.5. The number of hydrogen-bond acceptors (Lipinski definition) is 2. The van der Waals surface area contributed by atoms with Crippen molar-refractivity contribution in [2.75, 3.05) is 7.11 Å². The highest BCUT2D eigenvalue weighted by Crippen LogP contribution is 2.23. The number of hydrogen-bond donors (Lipinski definition) is 0. The molecular weight excluding hydrogens is 224 g/mol. The van der Waals surface area contributed by atoms with E-state index in [1.54, 1.807) is 0 Å². The summed E-state index contributed by atoms with van der Waals surface area (Å²) in [5.74, 6) is -0.252. The Hall–Kier alpha value is -1.57. The molecule has 0 saturated heterocycles. The van der Waals surface area contributed by atoms with E-state index in [1.165, 1.54) is 12.7 Å². The van der Waals surface area contributed by atoms with Crippen LogP contribution in [0.2, 0.25) is 0 Å². The van der Waals surface area contributed by atoms with Crippen LogP contribution in [0, 0.1) is 0 Å². The third-order valence-electron chi connectivity index (χ3n) is 2.95. The van der Waals surface area contributed by atoms with Gasteiger partial charge in [0.15, 0.2) is 0 Å². The van der Waals surface area contributed by atoms with Crippen molar-refractivity contribution in [2.45, 2.75) is 39.5 Å². The molecule has 1 aromatic rings. The maximum Gasteiger partial charge on any atom is 0.333 e. The van der Waals surface area contributed by atoms with E-state index in [4.69, 9.17) is 4.74 Å². The molecule has 0 saturated carbocycles. The van der Waals surface area contributed by atoms with E-state index in [0.717, 1.165) is 5.56 Å². The quantitative estimate of drug-likeness (QED) is 0.596. The highest BCUT2D eigenvalue weighted by Gasteiger charge is 2.13. The van der Waals surface area contributed by atoms with Gasteiger partial charge in [-0.25, -0.2) is 4.79 Å². The molecule has 18 heavy (non-hydrogen) atoms. The summed E-state index contributed by atoms with van der Waals surface area (Å²) in [6, 6.07) is 8.30. The number of ether oxygens (including phenoxy) is 1. The Kier molecular flexibility index (Phi) is 4.71. The second-order valence-corrected chi connectivity index (χ2v) is 5.39. The molecule has 1 aromatic carbocycles. The van der Waals surface area contributed by atoms with E-state index in [2.05, 4.69) is 32.9 Å². The molecule has 0 aliphatic heterocycles. The van der Waals surface area contributed by atoms with Gasteiger partial charge in [0.2, 0.25) is 0 Å². The smallest absolute Gasteiger partial charge is 0.333 e. The van der Waals surface area contributed by atoms with Crippen LogP contribution in [0.3, 0.4) is 0 Å². The number of esters is 1. The molecule has 2 heteroatoms. The van der Waals surface area contributed by atoms with Gasteiger partial charge < -0.3 is 4.74 Å². The number of methoxy groups -OCH3 is 1. The highest BCUT2D eigenvalue weighted by molar-refractivity contribution is 5.93. The molecule has 0 aliphatic rings. The van der Waals surface area contributed by atoms with Crippen LogP contribution in [0.25, 0.3) is 6.08 Å². The summed E-state index contributed by atoms with van der Waals surface area (Å²) in [5, 5.41) is 0. The molecule has 0 fully saturated rings. The van der Waals surface area contributed by atoms with E-state index in [-0.39, 0.29) is 11.4 Å². The Morgan fingerprint density at radius 2 is 1.78 bits per heavy atom. The van der Waals surface area contributed by atoms with Crippen molar-refractivity contribution in [1.82, 2.24) is 0 Å². The lowest BCUT2D eigenvalue weighted by molar-refractivity contribution is -0.136. The summed E-state index contributed by atoms with van der Waals surface area (Å²) < 4.78 is 4.75. The Bertz CT molecular complexity index is 433. The Labute approximate surface area is 110 Å². The van der Waals surface area contributed by atoms with Crippen molar-refractivity contribution in [3.63, 3.8) is 0 Å². The summed E-state index contributed by atoms with van der Waals surface area (Å²) in [4.78, 5) is 11.5. The third kappa shape index (κ3) is 3.73. The normalized spacial score (nSPS) is 12.4. The van der Waals surface area contributed by atoms with Crippen molar-refractivity contribution < 1.29 is 9.53 Å². The monoisotopic (exact) mass is 246 g/mol. The van der Waals surface area contributed by atoms with Crippen molar-refractivity contribution in [2.24, 2.45) is 0 Å². The average Bonchev–Trinajstić information content (AvgIpc) is 2.34. The van der Waals surface area contributed by atoms with Crippen molar-refractivity contribution in [1.29, 1.82) is 0 Å². The van der Waals surface area contributed by atoms with E-state index >= 15 is 0 Å². The summed E-state index contributed by atoms with van der Waals surface area (Å²) in [5.41, 5.74) is 3.17. The molecule has 98 valence electrons. The van der Waals surface area contributed by atoms with Gasteiger partial charge in [-0.05, 0) is 29.0 Å². The number of rotatable bonds is 3. The molecule has 0 radical (unpaired) electrons. The van der Waals surface area contributed by atoms with Crippen LogP contribution in [-0.4, -0.2) is 13.1 Å². The topological polar surface area (TPSA) is 26.3 Å². The van der Waals surface area contributed by atoms with Crippen LogP contribution in [-0.2, 0) is 14.9 Å². The van der Waals surface area contributed by atoms with Gasteiger partial charge in [0.05, 0.1) is 7.11 Å². The van der Waals surface area contributed by atoms with E-state index in [9.17, 15) is 4.79 Å². The van der Waals surface area contributed by atoms with Gasteiger partial charge in [0, 0.05) is 5.57 Å². The van der Waals surface area contributed by atoms with Gasteiger partial charge in [0.25, 0.3) is 0 Å². The van der Waals surface area contributed by atoms with Crippen LogP contribution in [0.15, 0.2) is 29.8 Å². The molecule has 0 bridgehead atoms. The van der Waals surface area contributed by atoms with Crippen LogP contribution in [0.1, 0.15) is 45.2 Å². The Morgan fingerprint density at radius 3 is 2.17 bits per heavy atom. The molecule has 0 amide bonds. The molecule has 0 spiro atoms. The maximum absolute atomic E-state index is 11.5. The number of carbonyl (C=O) groups excluding carboxylic acids is 1. The van der Waals surface area contributed by atoms with E-state index < -0.39 is 0 Å². The third-order valence-corrected chi connectivity index (χ3v) is 2.95. The lowest BCUT2D eigenvalue weighted by Gasteiger charge is -2.18. The molecule has 0 heterocycles. The van der Waals surface area contributed by atoms with Crippen molar-refractivity contribution in [3.8, 4) is 0 Å². The summed E-state index contributed by atoms with van der Waals surface area (Å²) in [7, 11) is 1.41. The van der Waals surface area contributed by atoms with Gasteiger partial charge >= 0.3 is 5.97 Å². The molecular formula is C16H22O2. The van der Waals surface area contributed by atoms with Gasteiger partial charge in [-0.3, -0.25) is 0 Å². The minimum atomic E-state index is -0.252. The molecule has 0 unspecified atom stereocenters. The average molecular weight is 246 g/mol. The Morgan fingerprint density at radius 1 is 1.22 bits per heavy atom. The zero-order valence-corrected chi connectivity index (χ0v) is 11.9. The lowest BCUT2D eigenvalue weighted by atomic mass is 9.86. The van der Waals surface area contributed by atoms with Crippen molar-refractivity contribution in [3.05, 3.63) is 41.0 Å². The fraction of sp³-hybridized carbons (Fsp3) is 0.438. The maximum atomic E-state index is 11.5. The molecule has 0 aromatic heterocycles. The minimum absolute atomic E-state index is 0.151. The summed E-state index contributed by atoms with van der Waals surface area (Å²) >= 11 is 0. The van der Waals surface area contributed by atoms with Crippen molar-refractivity contribution >= 4 is 12.0 Å². The fourth-order valence-electron chi connectivity index (χ4n) is 1.72. The molecule has 0 aliphatic carbocycles. The fourth-order valence-corrected chi connectivity index (χ4v) is 1.72. The lowest BCUT2D eigenvalue weighted by Crippen LogP contribution is -2.10. The van der Waals surface area contributed by atoms with Gasteiger partial charge in [-0.2, -0.15) is 0 Å².